The van der Waals surface area contributed by atoms with Crippen LogP contribution in [0, 0.1) is 0 Å². The van der Waals surface area contributed by atoms with Gasteiger partial charge in [-0.15, -0.1) is 0 Å². The van der Waals surface area contributed by atoms with E-state index in [9.17, 15) is 0 Å². The van der Waals surface area contributed by atoms with Crippen molar-refractivity contribution < 1.29 is 18.4 Å². The molecular formula is H7N3O4Si. The van der Waals surface area contributed by atoms with E-state index in [1.807, 2.05) is 0 Å². The van der Waals surface area contributed by atoms with Gasteiger partial charge in [-0.3, -0.25) is 13.6 Å². The number of nitrogens with two attached hydrogens (primary N) is 3. The third kappa shape index (κ3) is 1.81. The quantitative estimate of drug-likeness (QED) is 0.245. The van der Waals surface area contributed by atoms with E-state index in [2.05, 4.69) is 31.3 Å². The molecule has 0 rings (SSSR count). The van der Waals surface area contributed by atoms with E-state index < -0.39 is 9.05 Å². The second-order valence-electron chi connectivity index (χ2n) is 0.877. The lowest BCUT2D eigenvalue weighted by Crippen LogP contribution is -2.51. The summed E-state index contributed by atoms with van der Waals surface area (Å²) in [5.41, 5.74) is 0. The molecule has 0 bridgehead atoms. The van der Waals surface area contributed by atoms with Gasteiger partial charge in [-0.1, -0.05) is 0 Å². The van der Waals surface area contributed by atoms with Gasteiger partial charge >= 0.3 is 9.05 Å². The number of hydrogen-bond donors (Lipinski definition) is 4. The molecule has 0 aliphatic carbocycles. The lowest BCUT2D eigenvalue weighted by molar-refractivity contribution is -0.0102. The van der Waals surface area contributed by atoms with Crippen molar-refractivity contribution in [3.63, 3.8) is 0 Å². The summed E-state index contributed by atoms with van der Waals surface area (Å²) < 4.78 is 11.2. The Morgan fingerprint density at radius 3 is 1.25 bits per heavy atom. The Morgan fingerprint density at radius 1 is 1.00 bits per heavy atom. The molecule has 7 nitrogen and oxygen atoms in total. The van der Waals surface area contributed by atoms with Crippen molar-refractivity contribution in [2.24, 2.45) is 17.7 Å². The minimum Gasteiger partial charge on any atom is -0.365 e. The Labute approximate surface area is 46.3 Å². The largest absolute Gasteiger partial charge is 0.728 e. The molecule has 0 unspecified atom stereocenters. The smallest absolute Gasteiger partial charge is 0.365 e. The lowest BCUT2D eigenvalue weighted by atomic mass is 13.6. The molecule has 8 heavy (non-hydrogen) atoms. The Balaban J connectivity index is 3.58. The molecule has 7 N–H and O–H groups in total. The molecule has 0 spiro atoms. The summed E-state index contributed by atoms with van der Waals surface area (Å²) in [4.78, 5) is 8.53. The van der Waals surface area contributed by atoms with Crippen LogP contribution in [0.4, 0.5) is 0 Å². The van der Waals surface area contributed by atoms with Gasteiger partial charge in [-0.2, -0.15) is 0 Å². The third-order valence-electron chi connectivity index (χ3n) is 0.447. The topological polar surface area (TPSA) is 126 Å². The Morgan fingerprint density at radius 2 is 1.25 bits per heavy atom. The Bertz CT molecular complexity index is 54.0. The molecule has 8 heteroatoms. The first-order chi connectivity index (χ1) is 3.68. The van der Waals surface area contributed by atoms with Crippen LogP contribution in [-0.4, -0.2) is 13.8 Å². The summed E-state index contributed by atoms with van der Waals surface area (Å²) in [7, 11) is -3.84. The molecule has 0 saturated heterocycles. The van der Waals surface area contributed by atoms with Crippen LogP contribution >= 0.6 is 0 Å². The summed E-state index contributed by atoms with van der Waals surface area (Å²) in [6.45, 7) is 0. The maximum Gasteiger partial charge on any atom is 0.728 e. The molecule has 0 radical (unpaired) electrons. The minimum absolute atomic E-state index is 3.74. The van der Waals surface area contributed by atoms with E-state index in [-0.39, 0.29) is 0 Å². The van der Waals surface area contributed by atoms with Gasteiger partial charge in [-0.25, -0.2) is 17.7 Å². The van der Waals surface area contributed by atoms with Crippen LogP contribution < -0.4 is 17.7 Å². The maximum atomic E-state index is 8.53. The summed E-state index contributed by atoms with van der Waals surface area (Å²) in [5.74, 6) is 13.3. The summed E-state index contributed by atoms with van der Waals surface area (Å²) >= 11 is 0. The van der Waals surface area contributed by atoms with Crippen molar-refractivity contribution in [1.82, 2.24) is 0 Å². The zero-order valence-corrected chi connectivity index (χ0v) is 4.90. The van der Waals surface area contributed by atoms with E-state index in [1.165, 1.54) is 0 Å². The Hall–Kier alpha value is -0.0631. The molecule has 0 atom stereocenters. The fourth-order valence-corrected chi connectivity index (χ4v) is 0.250. The fraction of sp³-hybridized carbons (Fsp3) is 0. The molecule has 0 aromatic heterocycles. The summed E-state index contributed by atoms with van der Waals surface area (Å²) in [6, 6.07) is 0. The van der Waals surface area contributed by atoms with Gasteiger partial charge in [0.25, 0.3) is 0 Å². The zero-order chi connectivity index (χ0) is 6.62. The SMILES string of the molecule is NO[Si](O)(ON)ON. The molecule has 0 heterocycles. The van der Waals surface area contributed by atoms with E-state index >= 15 is 0 Å². The van der Waals surface area contributed by atoms with Crippen molar-refractivity contribution in [1.29, 1.82) is 0 Å². The van der Waals surface area contributed by atoms with Gasteiger partial charge in [0.2, 0.25) is 0 Å². The fourth-order valence-electron chi connectivity index (χ4n) is 0.0833. The van der Waals surface area contributed by atoms with E-state index in [0.717, 1.165) is 0 Å². The first kappa shape index (κ1) is 7.94. The number of hydrogen-bond acceptors (Lipinski definition) is 7. The van der Waals surface area contributed by atoms with Crippen molar-refractivity contribution in [3.05, 3.63) is 0 Å². The van der Waals surface area contributed by atoms with Crippen LogP contribution in [0.25, 0.3) is 0 Å². The van der Waals surface area contributed by atoms with E-state index in [1.54, 1.807) is 0 Å². The van der Waals surface area contributed by atoms with Crippen LogP contribution in [0.3, 0.4) is 0 Å². The van der Waals surface area contributed by atoms with Gasteiger partial charge in [0, 0.05) is 0 Å². The molecule has 0 aliphatic rings. The lowest BCUT2D eigenvalue weighted by Gasteiger charge is -2.11. The molecule has 0 amide bonds. The monoisotopic (exact) mass is 141 g/mol. The average Bonchev–Trinajstić information content (AvgIpc) is 1.87. The van der Waals surface area contributed by atoms with Crippen molar-refractivity contribution in [3.8, 4) is 0 Å². The predicted molar refractivity (Wildman–Crippen MR) is 23.8 cm³/mol. The van der Waals surface area contributed by atoms with E-state index in [0.29, 0.717) is 0 Å². The minimum atomic E-state index is -3.84. The van der Waals surface area contributed by atoms with Gasteiger partial charge < -0.3 is 4.80 Å². The normalized spacial score (nSPS) is 12.0. The van der Waals surface area contributed by atoms with Crippen LogP contribution in [0.1, 0.15) is 0 Å². The first-order valence-electron chi connectivity index (χ1n) is 1.54. The molecule has 0 aromatic rings. The van der Waals surface area contributed by atoms with Gasteiger partial charge in [-0.05, 0) is 0 Å². The van der Waals surface area contributed by atoms with Gasteiger partial charge in [0.05, 0.1) is 0 Å². The summed E-state index contributed by atoms with van der Waals surface area (Å²) in [6.07, 6.45) is 0. The standard InChI is InChI=1S/H7N3O4Si/c1-5-8(4,6-2)7-3/h4H,1-3H2. The summed E-state index contributed by atoms with van der Waals surface area (Å²) in [5, 5.41) is 0. The molecule has 0 aromatic carbocycles. The third-order valence-corrected chi connectivity index (χ3v) is 1.34. The molecule has 0 aliphatic heterocycles. The predicted octanol–water partition coefficient (Wildman–Crippen LogP) is -2.91. The molecule has 50 valence electrons. The van der Waals surface area contributed by atoms with Gasteiger partial charge in [0.15, 0.2) is 0 Å². The van der Waals surface area contributed by atoms with Crippen LogP contribution in [0.2, 0.25) is 0 Å². The zero-order valence-electron chi connectivity index (χ0n) is 3.90. The molecule has 0 saturated carbocycles. The highest BCUT2D eigenvalue weighted by molar-refractivity contribution is 6.51. The van der Waals surface area contributed by atoms with Crippen molar-refractivity contribution in [2.45, 2.75) is 0 Å². The Kier molecular flexibility index (Phi) is 3.04. The maximum absolute atomic E-state index is 8.53. The molecule has 0 fully saturated rings. The highest BCUT2D eigenvalue weighted by Gasteiger charge is 2.40. The van der Waals surface area contributed by atoms with Gasteiger partial charge in [0.1, 0.15) is 0 Å². The second kappa shape index (κ2) is 3.06. The highest BCUT2D eigenvalue weighted by atomic mass is 28.4. The van der Waals surface area contributed by atoms with Crippen molar-refractivity contribution in [2.75, 3.05) is 0 Å². The second-order valence-corrected chi connectivity index (χ2v) is 2.63. The molecular weight excluding hydrogens is 134 g/mol. The average molecular weight is 141 g/mol. The highest BCUT2D eigenvalue weighted by Crippen LogP contribution is 1.91. The van der Waals surface area contributed by atoms with Crippen LogP contribution in [0.5, 0.6) is 0 Å². The van der Waals surface area contributed by atoms with E-state index in [4.69, 9.17) is 4.80 Å². The van der Waals surface area contributed by atoms with Crippen molar-refractivity contribution >= 4 is 9.05 Å². The first-order valence-corrected chi connectivity index (χ1v) is 3.22. The van der Waals surface area contributed by atoms with Crippen LogP contribution in [0.15, 0.2) is 0 Å². The number of rotatable bonds is 3. The van der Waals surface area contributed by atoms with Crippen LogP contribution in [-0.2, 0) is 13.6 Å².